The molecule has 0 aliphatic rings. The zero-order valence-corrected chi connectivity index (χ0v) is 10.5. The Morgan fingerprint density at radius 3 is 2.71 bits per heavy atom. The van der Waals surface area contributed by atoms with Crippen LogP contribution in [0.25, 0.3) is 0 Å². The van der Waals surface area contributed by atoms with Gasteiger partial charge >= 0.3 is 0 Å². The monoisotopic (exact) mass is 261 g/mol. The summed E-state index contributed by atoms with van der Waals surface area (Å²) in [6.45, 7) is 2.37. The van der Waals surface area contributed by atoms with Crippen molar-refractivity contribution >= 4 is 15.7 Å². The Bertz CT molecular complexity index is 475. The van der Waals surface area contributed by atoms with Gasteiger partial charge in [0.05, 0.1) is 13.2 Å². The first-order chi connectivity index (χ1) is 7.99. The number of hydrogen-bond acceptors (Lipinski definition) is 7. The van der Waals surface area contributed by atoms with Gasteiger partial charge in [-0.15, -0.1) is 10.2 Å². The van der Waals surface area contributed by atoms with E-state index in [4.69, 9.17) is 9.84 Å². The molecular weight excluding hydrogens is 246 g/mol. The van der Waals surface area contributed by atoms with Crippen LogP contribution in [0.4, 0.5) is 5.82 Å². The fourth-order valence-electron chi connectivity index (χ4n) is 1.10. The molecule has 7 nitrogen and oxygen atoms in total. The number of hydrogen-bond donors (Lipinski definition) is 2. The van der Waals surface area contributed by atoms with E-state index in [1.807, 2.05) is 0 Å². The maximum atomic E-state index is 11.3. The van der Waals surface area contributed by atoms with Crippen LogP contribution in [0.2, 0.25) is 0 Å². The van der Waals surface area contributed by atoms with E-state index in [1.54, 1.807) is 6.92 Å². The van der Waals surface area contributed by atoms with Crippen LogP contribution in [0.3, 0.4) is 0 Å². The Kier molecular flexibility index (Phi) is 4.64. The summed E-state index contributed by atoms with van der Waals surface area (Å²) in [5, 5.41) is 18.6. The van der Waals surface area contributed by atoms with Crippen molar-refractivity contribution in [3.63, 3.8) is 0 Å². The molecule has 96 valence electrons. The van der Waals surface area contributed by atoms with E-state index in [-0.39, 0.29) is 18.2 Å². The number of ether oxygens (including phenoxy) is 1. The zero-order valence-electron chi connectivity index (χ0n) is 9.67. The fourth-order valence-corrected chi connectivity index (χ4v) is 1.61. The average Bonchev–Trinajstić information content (AvgIpc) is 2.26. The third kappa shape index (κ3) is 3.82. The van der Waals surface area contributed by atoms with Crippen LogP contribution in [0.5, 0.6) is 5.75 Å². The number of nitrogens with zero attached hydrogens (tertiary/aromatic N) is 2. The van der Waals surface area contributed by atoms with Gasteiger partial charge < -0.3 is 15.2 Å². The summed E-state index contributed by atoms with van der Waals surface area (Å²) in [4.78, 5) is 0. The number of rotatable bonds is 6. The molecule has 0 aliphatic carbocycles. The highest BCUT2D eigenvalue weighted by atomic mass is 32.2. The lowest BCUT2D eigenvalue weighted by Crippen LogP contribution is -2.12. The highest BCUT2D eigenvalue weighted by Gasteiger charge is 2.14. The van der Waals surface area contributed by atoms with E-state index in [9.17, 15) is 8.42 Å². The molecule has 0 aliphatic heterocycles. The van der Waals surface area contributed by atoms with E-state index in [0.717, 1.165) is 6.26 Å². The first-order valence-electron chi connectivity index (χ1n) is 5.04. The second-order valence-corrected chi connectivity index (χ2v) is 5.21. The third-order valence-electron chi connectivity index (χ3n) is 1.82. The van der Waals surface area contributed by atoms with Gasteiger partial charge in [0.1, 0.15) is 0 Å². The molecule has 0 bridgehead atoms. The summed E-state index contributed by atoms with van der Waals surface area (Å²) in [5.41, 5.74) is 0. The summed E-state index contributed by atoms with van der Waals surface area (Å²) in [6.07, 6.45) is 1.05. The van der Waals surface area contributed by atoms with Crippen molar-refractivity contribution in [3.05, 3.63) is 6.07 Å². The average molecular weight is 261 g/mol. The summed E-state index contributed by atoms with van der Waals surface area (Å²) >= 11 is 0. The van der Waals surface area contributed by atoms with Crippen molar-refractivity contribution in [3.8, 4) is 5.75 Å². The molecule has 0 unspecified atom stereocenters. The van der Waals surface area contributed by atoms with Gasteiger partial charge in [-0.1, -0.05) is 0 Å². The van der Waals surface area contributed by atoms with E-state index in [0.29, 0.717) is 18.2 Å². The number of nitrogens with one attached hydrogen (secondary N) is 1. The summed E-state index contributed by atoms with van der Waals surface area (Å²) in [7, 11) is -3.41. The second-order valence-electron chi connectivity index (χ2n) is 3.25. The first kappa shape index (κ1) is 13.7. The SMILES string of the molecule is CCOc1cc(S(C)(=O)=O)nnc1NCCO. The van der Waals surface area contributed by atoms with E-state index in [2.05, 4.69) is 15.5 Å². The molecule has 1 aromatic heterocycles. The predicted molar refractivity (Wildman–Crippen MR) is 61.9 cm³/mol. The number of sulfone groups is 1. The van der Waals surface area contributed by atoms with Gasteiger partial charge in [-0.05, 0) is 6.92 Å². The quantitative estimate of drug-likeness (QED) is 0.723. The molecule has 1 aromatic rings. The summed E-state index contributed by atoms with van der Waals surface area (Å²) in [6, 6.07) is 1.31. The standard InChI is InChI=1S/C9H15N3O4S/c1-3-16-7-6-8(17(2,14)15)11-12-9(7)10-4-5-13/h6,13H,3-5H2,1-2H3,(H,10,12). The lowest BCUT2D eigenvalue weighted by Gasteiger charge is -2.10. The Balaban J connectivity index is 3.08. The largest absolute Gasteiger partial charge is 0.490 e. The van der Waals surface area contributed by atoms with Crippen molar-refractivity contribution in [1.29, 1.82) is 0 Å². The zero-order chi connectivity index (χ0) is 12.9. The molecule has 2 N–H and O–H groups in total. The maximum Gasteiger partial charge on any atom is 0.194 e. The van der Waals surface area contributed by atoms with Crippen LogP contribution >= 0.6 is 0 Å². The second kappa shape index (κ2) is 5.78. The van der Waals surface area contributed by atoms with Gasteiger partial charge in [-0.3, -0.25) is 0 Å². The van der Waals surface area contributed by atoms with Crippen LogP contribution in [0.1, 0.15) is 6.92 Å². The lowest BCUT2D eigenvalue weighted by atomic mass is 10.4. The van der Waals surface area contributed by atoms with Crippen LogP contribution in [0, 0.1) is 0 Å². The fraction of sp³-hybridized carbons (Fsp3) is 0.556. The minimum absolute atomic E-state index is 0.0684. The molecule has 17 heavy (non-hydrogen) atoms. The van der Waals surface area contributed by atoms with Crippen LogP contribution < -0.4 is 10.1 Å². The highest BCUT2D eigenvalue weighted by molar-refractivity contribution is 7.90. The molecule has 0 saturated heterocycles. The molecule has 0 atom stereocenters. The lowest BCUT2D eigenvalue weighted by molar-refractivity contribution is 0.309. The van der Waals surface area contributed by atoms with Crippen molar-refractivity contribution < 1.29 is 18.3 Å². The Labute approximate surface area is 99.7 Å². The predicted octanol–water partition coefficient (Wildman–Crippen LogP) is -0.317. The molecule has 1 heterocycles. The van der Waals surface area contributed by atoms with Gasteiger partial charge in [0.25, 0.3) is 0 Å². The summed E-state index contributed by atoms with van der Waals surface area (Å²) < 4.78 is 27.9. The Morgan fingerprint density at radius 1 is 1.47 bits per heavy atom. The van der Waals surface area contributed by atoms with Crippen LogP contribution in [0.15, 0.2) is 11.1 Å². The van der Waals surface area contributed by atoms with E-state index < -0.39 is 9.84 Å². The van der Waals surface area contributed by atoms with Crippen LogP contribution in [-0.2, 0) is 9.84 Å². The highest BCUT2D eigenvalue weighted by Crippen LogP contribution is 2.23. The van der Waals surface area contributed by atoms with E-state index in [1.165, 1.54) is 6.07 Å². The minimum atomic E-state index is -3.41. The van der Waals surface area contributed by atoms with Gasteiger partial charge in [0.2, 0.25) is 0 Å². The van der Waals surface area contributed by atoms with Gasteiger partial charge in [0, 0.05) is 18.9 Å². The van der Waals surface area contributed by atoms with Gasteiger partial charge in [0.15, 0.2) is 26.4 Å². The molecule has 0 amide bonds. The number of aliphatic hydroxyl groups is 1. The van der Waals surface area contributed by atoms with Crippen molar-refractivity contribution in [2.24, 2.45) is 0 Å². The van der Waals surface area contributed by atoms with Crippen molar-refractivity contribution in [2.75, 3.05) is 31.3 Å². The third-order valence-corrected chi connectivity index (χ3v) is 2.78. The first-order valence-corrected chi connectivity index (χ1v) is 6.93. The molecule has 8 heteroatoms. The van der Waals surface area contributed by atoms with Crippen molar-refractivity contribution in [1.82, 2.24) is 10.2 Å². The topological polar surface area (TPSA) is 101 Å². The molecule has 0 radical (unpaired) electrons. The minimum Gasteiger partial charge on any atom is -0.490 e. The molecule has 0 fully saturated rings. The number of anilines is 1. The number of aliphatic hydroxyl groups excluding tert-OH is 1. The van der Waals surface area contributed by atoms with Gasteiger partial charge in [-0.25, -0.2) is 8.42 Å². The summed E-state index contributed by atoms with van der Waals surface area (Å²) in [5.74, 6) is 0.615. The normalized spacial score (nSPS) is 11.2. The molecule has 0 saturated carbocycles. The number of aromatic nitrogens is 2. The Hall–Kier alpha value is -1.41. The molecule has 0 aromatic carbocycles. The van der Waals surface area contributed by atoms with E-state index >= 15 is 0 Å². The van der Waals surface area contributed by atoms with Crippen LogP contribution in [-0.4, -0.2) is 49.7 Å². The molecular formula is C9H15N3O4S. The van der Waals surface area contributed by atoms with Gasteiger partial charge in [-0.2, -0.15) is 0 Å². The van der Waals surface area contributed by atoms with Crippen molar-refractivity contribution in [2.45, 2.75) is 11.9 Å². The maximum absolute atomic E-state index is 11.3. The Morgan fingerprint density at radius 2 is 2.18 bits per heavy atom. The molecule has 0 spiro atoms. The smallest absolute Gasteiger partial charge is 0.194 e. The molecule has 1 rings (SSSR count).